The fourth-order valence-electron chi connectivity index (χ4n) is 5.91. The highest BCUT2D eigenvalue weighted by molar-refractivity contribution is 7.85. The van der Waals surface area contributed by atoms with Crippen LogP contribution >= 0.6 is 0 Å². The molecule has 2 atom stereocenters. The van der Waals surface area contributed by atoms with Gasteiger partial charge in [-0.1, -0.05) is 172 Å². The van der Waals surface area contributed by atoms with E-state index in [1.165, 1.54) is 115 Å². The van der Waals surface area contributed by atoms with Crippen molar-refractivity contribution in [3.05, 3.63) is 48.6 Å². The Labute approximate surface area is 303 Å². The van der Waals surface area contributed by atoms with Crippen LogP contribution in [-0.4, -0.2) is 41.9 Å². The molecule has 0 saturated heterocycles. The average molecular weight is 708 g/mol. The van der Waals surface area contributed by atoms with Gasteiger partial charge < -0.3 is 10.4 Å². The summed E-state index contributed by atoms with van der Waals surface area (Å²) in [6.07, 6.45) is 48.1. The topological polar surface area (TPSA) is 104 Å². The summed E-state index contributed by atoms with van der Waals surface area (Å²) >= 11 is 0. The number of hydrogen-bond acceptors (Lipinski definition) is 4. The lowest BCUT2D eigenvalue weighted by Crippen LogP contribution is -2.46. The Kier molecular flexibility index (Phi) is 34.9. The van der Waals surface area contributed by atoms with Crippen molar-refractivity contribution in [2.45, 2.75) is 206 Å². The average Bonchev–Trinajstić information content (AvgIpc) is 3.06. The van der Waals surface area contributed by atoms with Crippen molar-refractivity contribution < 1.29 is 22.9 Å². The second-order valence-electron chi connectivity index (χ2n) is 13.9. The molecular weight excluding hydrogens is 631 g/mol. The molecule has 0 aliphatic rings. The van der Waals surface area contributed by atoms with Crippen molar-refractivity contribution in [3.63, 3.8) is 0 Å². The Morgan fingerprint density at radius 2 is 0.939 bits per heavy atom. The quantitative estimate of drug-likeness (QED) is 0.0342. The van der Waals surface area contributed by atoms with E-state index in [1.54, 1.807) is 0 Å². The summed E-state index contributed by atoms with van der Waals surface area (Å²) in [5.74, 6) is -1.02. The standard InChI is InChI=1S/C42H77NO5S/c1-3-5-7-9-11-13-15-17-19-21-22-23-25-27-29-31-33-35-37-41(44)40(39-49(46,47)48)43-42(45)38-36-34-32-30-28-26-24-20-18-16-14-12-10-8-6-4-2/h14,16,20,24,27,29,35,37,40-41,44H,3-13,15,17-19,21-23,25-26,28,30-34,36,38-39H2,1-2H3,(H,43,45)(H,46,47,48)/b16-14-,24-20-,29-27+,37-35+. The third kappa shape index (κ3) is 37.4. The van der Waals surface area contributed by atoms with Crippen LogP contribution in [0.1, 0.15) is 194 Å². The van der Waals surface area contributed by atoms with Gasteiger partial charge in [-0.05, 0) is 64.2 Å². The lowest BCUT2D eigenvalue weighted by Gasteiger charge is -2.21. The van der Waals surface area contributed by atoms with Crippen molar-refractivity contribution in [3.8, 4) is 0 Å². The van der Waals surface area contributed by atoms with E-state index in [1.807, 2.05) is 6.08 Å². The summed E-state index contributed by atoms with van der Waals surface area (Å²) in [5, 5.41) is 13.2. The second kappa shape index (κ2) is 36.1. The molecule has 0 aliphatic carbocycles. The van der Waals surface area contributed by atoms with Crippen LogP contribution in [0.4, 0.5) is 0 Å². The molecule has 0 rings (SSSR count). The molecule has 2 unspecified atom stereocenters. The monoisotopic (exact) mass is 708 g/mol. The molecule has 0 spiro atoms. The first-order valence-electron chi connectivity index (χ1n) is 20.3. The summed E-state index contributed by atoms with van der Waals surface area (Å²) in [4.78, 5) is 12.5. The van der Waals surface area contributed by atoms with E-state index in [-0.39, 0.29) is 12.3 Å². The maximum atomic E-state index is 12.5. The highest BCUT2D eigenvalue weighted by Crippen LogP contribution is 2.13. The van der Waals surface area contributed by atoms with E-state index in [0.29, 0.717) is 12.8 Å². The number of rotatable bonds is 36. The van der Waals surface area contributed by atoms with Gasteiger partial charge in [0.25, 0.3) is 10.1 Å². The molecule has 286 valence electrons. The van der Waals surface area contributed by atoms with Crippen LogP contribution in [0.25, 0.3) is 0 Å². The Hall–Kier alpha value is -1.70. The van der Waals surface area contributed by atoms with Gasteiger partial charge in [0.1, 0.15) is 0 Å². The third-order valence-electron chi connectivity index (χ3n) is 8.98. The van der Waals surface area contributed by atoms with E-state index in [0.717, 1.165) is 51.4 Å². The number of allylic oxidation sites excluding steroid dienone is 7. The summed E-state index contributed by atoms with van der Waals surface area (Å²) in [5.41, 5.74) is 0. The van der Waals surface area contributed by atoms with Gasteiger partial charge in [0.05, 0.1) is 17.9 Å². The van der Waals surface area contributed by atoms with Crippen LogP contribution in [0, 0.1) is 0 Å². The van der Waals surface area contributed by atoms with E-state index in [9.17, 15) is 22.9 Å². The molecular formula is C42H77NO5S. The number of hydrogen-bond donors (Lipinski definition) is 3. The van der Waals surface area contributed by atoms with E-state index in [2.05, 4.69) is 55.6 Å². The van der Waals surface area contributed by atoms with Crippen LogP contribution in [-0.2, 0) is 14.9 Å². The van der Waals surface area contributed by atoms with Gasteiger partial charge in [0.2, 0.25) is 5.91 Å². The predicted molar refractivity (Wildman–Crippen MR) is 212 cm³/mol. The van der Waals surface area contributed by atoms with Crippen molar-refractivity contribution >= 4 is 16.0 Å². The molecule has 0 aliphatic heterocycles. The number of amides is 1. The smallest absolute Gasteiger partial charge is 0.267 e. The number of nitrogens with one attached hydrogen (secondary N) is 1. The van der Waals surface area contributed by atoms with E-state index >= 15 is 0 Å². The number of aliphatic hydroxyl groups is 1. The van der Waals surface area contributed by atoms with Crippen molar-refractivity contribution in [2.24, 2.45) is 0 Å². The first kappa shape index (κ1) is 47.3. The van der Waals surface area contributed by atoms with Crippen LogP contribution in [0.3, 0.4) is 0 Å². The molecule has 6 nitrogen and oxygen atoms in total. The molecule has 0 aromatic carbocycles. The van der Waals surface area contributed by atoms with Crippen LogP contribution in [0.2, 0.25) is 0 Å². The highest BCUT2D eigenvalue weighted by atomic mass is 32.2. The molecule has 49 heavy (non-hydrogen) atoms. The zero-order chi connectivity index (χ0) is 36.1. The molecule has 0 aromatic heterocycles. The minimum Gasteiger partial charge on any atom is -0.387 e. The summed E-state index contributed by atoms with van der Waals surface area (Å²) in [6, 6.07) is -1.08. The van der Waals surface area contributed by atoms with Gasteiger partial charge >= 0.3 is 0 Å². The van der Waals surface area contributed by atoms with Gasteiger partial charge in [-0.25, -0.2) is 0 Å². The number of carbonyl (C=O) groups is 1. The molecule has 0 heterocycles. The minimum absolute atomic E-state index is 0.271. The zero-order valence-electron chi connectivity index (χ0n) is 31.8. The van der Waals surface area contributed by atoms with Gasteiger partial charge in [-0.3, -0.25) is 9.35 Å². The first-order chi connectivity index (χ1) is 23.8. The lowest BCUT2D eigenvalue weighted by atomic mass is 10.0. The zero-order valence-corrected chi connectivity index (χ0v) is 32.6. The van der Waals surface area contributed by atoms with Crippen LogP contribution in [0.15, 0.2) is 48.6 Å². The second-order valence-corrected chi connectivity index (χ2v) is 15.4. The van der Waals surface area contributed by atoms with Gasteiger partial charge in [-0.2, -0.15) is 8.42 Å². The maximum Gasteiger partial charge on any atom is 0.267 e. The molecule has 0 radical (unpaired) electrons. The van der Waals surface area contributed by atoms with Gasteiger partial charge in [0.15, 0.2) is 0 Å². The maximum absolute atomic E-state index is 12.5. The Morgan fingerprint density at radius 3 is 1.43 bits per heavy atom. The van der Waals surface area contributed by atoms with Gasteiger partial charge in [-0.15, -0.1) is 0 Å². The Bertz CT molecular complexity index is 956. The fourth-order valence-corrected chi connectivity index (χ4v) is 6.64. The van der Waals surface area contributed by atoms with Crippen LogP contribution < -0.4 is 5.32 Å². The Morgan fingerprint density at radius 1 is 0.551 bits per heavy atom. The third-order valence-corrected chi connectivity index (χ3v) is 9.76. The summed E-state index contributed by atoms with van der Waals surface area (Å²) in [6.45, 7) is 4.50. The molecule has 3 N–H and O–H groups in total. The summed E-state index contributed by atoms with van der Waals surface area (Å²) in [7, 11) is -4.36. The predicted octanol–water partition coefficient (Wildman–Crippen LogP) is 11.9. The molecule has 0 aromatic rings. The number of unbranched alkanes of at least 4 members (excludes halogenated alkanes) is 22. The fraction of sp³-hybridized carbons (Fsp3) is 0.786. The normalized spacial score (nSPS) is 13.8. The van der Waals surface area contributed by atoms with Crippen molar-refractivity contribution in [1.29, 1.82) is 0 Å². The number of aliphatic hydroxyl groups excluding tert-OH is 1. The SMILES string of the molecule is CCCCCC/C=C\C/C=C\CCCCCCCC(=O)NC(CS(=O)(=O)O)C(O)/C=C/CC/C=C/CCCCCCCCCCCCCC. The Balaban J connectivity index is 4.01. The van der Waals surface area contributed by atoms with Crippen LogP contribution in [0.5, 0.6) is 0 Å². The lowest BCUT2D eigenvalue weighted by molar-refractivity contribution is -0.122. The molecule has 7 heteroatoms. The largest absolute Gasteiger partial charge is 0.387 e. The molecule has 0 fully saturated rings. The first-order valence-corrected chi connectivity index (χ1v) is 21.9. The highest BCUT2D eigenvalue weighted by Gasteiger charge is 2.24. The molecule has 0 saturated carbocycles. The van der Waals surface area contributed by atoms with E-state index < -0.39 is 28.0 Å². The van der Waals surface area contributed by atoms with E-state index in [4.69, 9.17) is 0 Å². The molecule has 1 amide bonds. The molecule has 0 bridgehead atoms. The van der Waals surface area contributed by atoms with Crippen molar-refractivity contribution in [2.75, 3.05) is 5.75 Å². The summed E-state index contributed by atoms with van der Waals surface area (Å²) < 4.78 is 32.4. The number of carbonyl (C=O) groups excluding carboxylic acids is 1. The minimum atomic E-state index is -4.36. The van der Waals surface area contributed by atoms with Gasteiger partial charge in [0, 0.05) is 6.42 Å². The van der Waals surface area contributed by atoms with Crippen molar-refractivity contribution in [1.82, 2.24) is 5.32 Å².